The molecule has 0 fully saturated rings. The standard InChI is InChI=1S/C16H13N5O/c1-21-13-9-5-2-6-10(13)14(22)19-16(21)20-15-17-11-7-3-4-8-12(11)18-15/h2-9H,1H3,(H2,17,18,19,20,22). The first-order chi connectivity index (χ1) is 10.7. The molecule has 2 heterocycles. The van der Waals surface area contributed by atoms with Crippen molar-refractivity contribution in [3.63, 3.8) is 0 Å². The van der Waals surface area contributed by atoms with Crippen LogP contribution in [0.3, 0.4) is 0 Å². The van der Waals surface area contributed by atoms with Gasteiger partial charge in [0.1, 0.15) is 0 Å². The average Bonchev–Trinajstić information content (AvgIpc) is 2.95. The number of benzene rings is 2. The van der Waals surface area contributed by atoms with Crippen molar-refractivity contribution < 1.29 is 0 Å². The van der Waals surface area contributed by atoms with Gasteiger partial charge in [-0.3, -0.25) is 10.1 Å². The van der Waals surface area contributed by atoms with Crippen LogP contribution in [0.4, 0.5) is 11.9 Å². The summed E-state index contributed by atoms with van der Waals surface area (Å²) in [5.41, 5.74) is 2.35. The Hall–Kier alpha value is -3.15. The zero-order valence-corrected chi connectivity index (χ0v) is 11.9. The molecular formula is C16H13N5O. The van der Waals surface area contributed by atoms with E-state index in [9.17, 15) is 4.79 Å². The highest BCUT2D eigenvalue weighted by Crippen LogP contribution is 2.18. The lowest BCUT2D eigenvalue weighted by Crippen LogP contribution is -2.16. The Kier molecular flexibility index (Phi) is 2.69. The maximum Gasteiger partial charge on any atom is 0.282 e. The van der Waals surface area contributed by atoms with Gasteiger partial charge in [-0.2, -0.15) is 4.98 Å². The van der Waals surface area contributed by atoms with Crippen molar-refractivity contribution in [2.24, 2.45) is 7.05 Å². The summed E-state index contributed by atoms with van der Waals surface area (Å²) in [4.78, 5) is 23.8. The van der Waals surface area contributed by atoms with Gasteiger partial charge >= 0.3 is 0 Å². The molecule has 0 saturated carbocycles. The number of aromatic amines is 1. The molecule has 0 saturated heterocycles. The number of imidazole rings is 1. The molecule has 0 aliphatic heterocycles. The minimum atomic E-state index is -0.257. The first kappa shape index (κ1) is 12.6. The number of para-hydroxylation sites is 3. The van der Waals surface area contributed by atoms with Crippen molar-refractivity contribution >= 4 is 33.8 Å². The minimum absolute atomic E-state index is 0.257. The summed E-state index contributed by atoms with van der Waals surface area (Å²) in [5.74, 6) is 1.00. The highest BCUT2D eigenvalue weighted by molar-refractivity contribution is 5.80. The van der Waals surface area contributed by atoms with Crippen LogP contribution >= 0.6 is 0 Å². The molecular weight excluding hydrogens is 278 g/mol. The normalized spacial score (nSPS) is 11.1. The number of H-pyrrole nitrogens is 1. The van der Waals surface area contributed by atoms with E-state index in [4.69, 9.17) is 0 Å². The van der Waals surface area contributed by atoms with E-state index in [2.05, 4.69) is 20.3 Å². The van der Waals surface area contributed by atoms with Crippen molar-refractivity contribution in [2.45, 2.75) is 0 Å². The Bertz CT molecular complexity index is 1010. The second-order valence-electron chi connectivity index (χ2n) is 5.04. The van der Waals surface area contributed by atoms with E-state index in [1.165, 1.54) is 0 Å². The van der Waals surface area contributed by atoms with Crippen molar-refractivity contribution in [1.82, 2.24) is 19.5 Å². The predicted molar refractivity (Wildman–Crippen MR) is 86.4 cm³/mol. The topological polar surface area (TPSA) is 75.6 Å². The predicted octanol–water partition coefficient (Wildman–Crippen LogP) is 2.55. The summed E-state index contributed by atoms with van der Waals surface area (Å²) in [6, 6.07) is 15.1. The van der Waals surface area contributed by atoms with E-state index in [1.54, 1.807) is 6.07 Å². The summed E-state index contributed by atoms with van der Waals surface area (Å²) < 4.78 is 1.84. The highest BCUT2D eigenvalue weighted by Gasteiger charge is 2.09. The zero-order valence-electron chi connectivity index (χ0n) is 11.9. The Balaban J connectivity index is 1.84. The third kappa shape index (κ3) is 1.93. The molecule has 0 atom stereocenters. The summed E-state index contributed by atoms with van der Waals surface area (Å²) in [7, 11) is 1.86. The molecule has 4 aromatic rings. The molecule has 2 aromatic heterocycles. The van der Waals surface area contributed by atoms with Crippen molar-refractivity contribution in [1.29, 1.82) is 0 Å². The van der Waals surface area contributed by atoms with Gasteiger partial charge in [0.25, 0.3) is 5.56 Å². The smallest absolute Gasteiger partial charge is 0.282 e. The number of nitrogens with zero attached hydrogens (tertiary/aromatic N) is 3. The van der Waals surface area contributed by atoms with E-state index in [1.807, 2.05) is 54.1 Å². The van der Waals surface area contributed by atoms with Crippen LogP contribution < -0.4 is 10.9 Å². The number of aromatic nitrogens is 4. The van der Waals surface area contributed by atoms with Gasteiger partial charge in [0, 0.05) is 7.05 Å². The van der Waals surface area contributed by atoms with Crippen LogP contribution in [0, 0.1) is 0 Å². The second kappa shape index (κ2) is 4.70. The molecule has 0 aliphatic carbocycles. The maximum absolute atomic E-state index is 12.1. The summed E-state index contributed by atoms with van der Waals surface area (Å²) in [6.07, 6.45) is 0. The van der Waals surface area contributed by atoms with Crippen LogP contribution in [0.25, 0.3) is 21.9 Å². The van der Waals surface area contributed by atoms with Crippen molar-refractivity contribution in [3.05, 3.63) is 58.9 Å². The number of fused-ring (bicyclic) bond motifs is 2. The molecule has 4 rings (SSSR count). The van der Waals surface area contributed by atoms with Gasteiger partial charge in [0.05, 0.1) is 21.9 Å². The van der Waals surface area contributed by atoms with Gasteiger partial charge in [0.15, 0.2) is 0 Å². The summed E-state index contributed by atoms with van der Waals surface area (Å²) >= 11 is 0. The zero-order chi connectivity index (χ0) is 15.1. The van der Waals surface area contributed by atoms with E-state index in [-0.39, 0.29) is 5.56 Å². The van der Waals surface area contributed by atoms with E-state index in [0.717, 1.165) is 16.6 Å². The number of nitrogens with one attached hydrogen (secondary N) is 2. The Labute approximate surface area is 125 Å². The van der Waals surface area contributed by atoms with Gasteiger partial charge in [-0.05, 0) is 24.3 Å². The molecule has 2 N–H and O–H groups in total. The highest BCUT2D eigenvalue weighted by atomic mass is 16.1. The monoisotopic (exact) mass is 291 g/mol. The lowest BCUT2D eigenvalue weighted by atomic mass is 10.2. The van der Waals surface area contributed by atoms with Crippen LogP contribution in [0.15, 0.2) is 53.3 Å². The first-order valence-corrected chi connectivity index (χ1v) is 6.90. The van der Waals surface area contributed by atoms with E-state index in [0.29, 0.717) is 17.3 Å². The Morgan fingerprint density at radius 3 is 2.68 bits per heavy atom. The quantitative estimate of drug-likeness (QED) is 0.595. The SMILES string of the molecule is Cn1c(Nc2nc3ccccc3[nH]2)nc(=O)c2ccccc21. The van der Waals surface area contributed by atoms with Gasteiger partial charge in [0.2, 0.25) is 11.9 Å². The summed E-state index contributed by atoms with van der Waals surface area (Å²) in [6.45, 7) is 0. The number of anilines is 2. The molecule has 0 aliphatic rings. The molecule has 0 bridgehead atoms. The fourth-order valence-corrected chi connectivity index (χ4v) is 2.52. The first-order valence-electron chi connectivity index (χ1n) is 6.90. The Morgan fingerprint density at radius 2 is 1.82 bits per heavy atom. The molecule has 0 amide bonds. The molecule has 0 unspecified atom stereocenters. The van der Waals surface area contributed by atoms with Gasteiger partial charge in [-0.15, -0.1) is 0 Å². The number of hydrogen-bond donors (Lipinski definition) is 2. The fraction of sp³-hybridized carbons (Fsp3) is 0.0625. The van der Waals surface area contributed by atoms with E-state index >= 15 is 0 Å². The average molecular weight is 291 g/mol. The lowest BCUT2D eigenvalue weighted by Gasteiger charge is -2.10. The van der Waals surface area contributed by atoms with Gasteiger partial charge in [-0.1, -0.05) is 24.3 Å². The van der Waals surface area contributed by atoms with Crippen LogP contribution in [-0.4, -0.2) is 19.5 Å². The third-order valence-corrected chi connectivity index (χ3v) is 3.64. The van der Waals surface area contributed by atoms with Crippen LogP contribution in [-0.2, 0) is 7.05 Å². The molecule has 22 heavy (non-hydrogen) atoms. The Morgan fingerprint density at radius 1 is 1.05 bits per heavy atom. The van der Waals surface area contributed by atoms with E-state index < -0.39 is 0 Å². The molecule has 2 aromatic carbocycles. The molecule has 6 nitrogen and oxygen atoms in total. The number of aryl methyl sites for hydroxylation is 1. The fourth-order valence-electron chi connectivity index (χ4n) is 2.52. The summed E-state index contributed by atoms with van der Waals surface area (Å²) in [5, 5.41) is 3.68. The molecule has 0 spiro atoms. The van der Waals surface area contributed by atoms with Crippen LogP contribution in [0.2, 0.25) is 0 Å². The second-order valence-corrected chi connectivity index (χ2v) is 5.04. The molecule has 6 heteroatoms. The number of hydrogen-bond acceptors (Lipinski definition) is 4. The minimum Gasteiger partial charge on any atom is -0.324 e. The molecule has 108 valence electrons. The van der Waals surface area contributed by atoms with Crippen molar-refractivity contribution in [2.75, 3.05) is 5.32 Å². The maximum atomic E-state index is 12.1. The van der Waals surface area contributed by atoms with Gasteiger partial charge in [-0.25, -0.2) is 4.98 Å². The third-order valence-electron chi connectivity index (χ3n) is 3.64. The largest absolute Gasteiger partial charge is 0.324 e. The number of rotatable bonds is 2. The van der Waals surface area contributed by atoms with Crippen LogP contribution in [0.1, 0.15) is 0 Å². The van der Waals surface area contributed by atoms with Gasteiger partial charge < -0.3 is 9.55 Å². The van der Waals surface area contributed by atoms with Crippen LogP contribution in [0.5, 0.6) is 0 Å². The van der Waals surface area contributed by atoms with Crippen molar-refractivity contribution in [3.8, 4) is 0 Å². The molecule has 0 radical (unpaired) electrons. The lowest BCUT2D eigenvalue weighted by molar-refractivity contribution is 0.911.